The smallest absolute Gasteiger partial charge is 0.359 e. The Kier molecular flexibility index (Phi) is 5.44. The molecule has 0 aliphatic carbocycles. The molecule has 0 saturated heterocycles. The summed E-state index contributed by atoms with van der Waals surface area (Å²) in [5.41, 5.74) is 9.05. The molecule has 2 aromatic heterocycles. The van der Waals surface area contributed by atoms with Crippen LogP contribution in [0.15, 0.2) is 42.5 Å². The van der Waals surface area contributed by atoms with Gasteiger partial charge in [-0.05, 0) is 49.2 Å². The lowest BCUT2D eigenvalue weighted by Gasteiger charge is -2.13. The van der Waals surface area contributed by atoms with Crippen LogP contribution in [0, 0.1) is 6.92 Å². The van der Waals surface area contributed by atoms with Gasteiger partial charge < -0.3 is 11.1 Å². The van der Waals surface area contributed by atoms with Crippen LogP contribution in [-0.2, 0) is 12.6 Å². The third-order valence-corrected chi connectivity index (χ3v) is 5.65. The Bertz CT molecular complexity index is 1150. The van der Waals surface area contributed by atoms with Crippen molar-refractivity contribution in [1.29, 1.82) is 0 Å². The van der Waals surface area contributed by atoms with E-state index in [9.17, 15) is 13.2 Å². The number of fused-ring (bicyclic) bond motifs is 1. The number of nitrogens with two attached hydrogens (primary N) is 1. The number of aromatic nitrogens is 4. The molecule has 4 aromatic rings. The average Bonchev–Trinajstić information content (AvgIpc) is 3.33. The number of nitrogens with one attached hydrogen (secondary N) is 2. The third-order valence-electron chi connectivity index (χ3n) is 4.72. The molecule has 0 fully saturated rings. The average molecular weight is 432 g/mol. The molecule has 0 aliphatic heterocycles. The molecular formula is C20H19F3N6S. The number of anilines is 1. The molecular weight excluding hydrogens is 413 g/mol. The molecule has 0 saturated carbocycles. The van der Waals surface area contributed by atoms with Crippen LogP contribution in [-0.4, -0.2) is 33.0 Å². The van der Waals surface area contributed by atoms with Crippen molar-refractivity contribution in [3.8, 4) is 10.6 Å². The number of halogens is 3. The van der Waals surface area contributed by atoms with Crippen LogP contribution in [0.25, 0.3) is 21.5 Å². The van der Waals surface area contributed by atoms with Gasteiger partial charge in [0.1, 0.15) is 5.01 Å². The van der Waals surface area contributed by atoms with Crippen LogP contribution in [0.4, 0.5) is 18.3 Å². The minimum atomic E-state index is -4.33. The Morgan fingerprint density at radius 3 is 2.63 bits per heavy atom. The quantitative estimate of drug-likeness (QED) is 0.420. The maximum atomic E-state index is 12.6. The molecule has 0 aliphatic rings. The molecule has 4 rings (SSSR count). The van der Waals surface area contributed by atoms with Crippen LogP contribution in [0.3, 0.4) is 0 Å². The Balaban J connectivity index is 1.36. The number of aryl methyl sites for hydroxylation is 1. The second-order valence-electron chi connectivity index (χ2n) is 7.02. The molecule has 4 N–H and O–H groups in total. The first-order valence-corrected chi connectivity index (χ1v) is 10.1. The molecule has 0 bridgehead atoms. The molecule has 0 amide bonds. The van der Waals surface area contributed by atoms with Crippen molar-refractivity contribution in [1.82, 2.24) is 20.4 Å². The number of alkyl halides is 3. The molecule has 30 heavy (non-hydrogen) atoms. The van der Waals surface area contributed by atoms with Gasteiger partial charge in [0, 0.05) is 23.5 Å². The summed E-state index contributed by atoms with van der Waals surface area (Å²) < 4.78 is 37.9. The number of nitrogens with zero attached hydrogens (tertiary/aromatic N) is 3. The largest absolute Gasteiger partial charge is 0.416 e. The zero-order chi connectivity index (χ0) is 21.3. The number of hydrogen-bond donors (Lipinski definition) is 3. The van der Waals surface area contributed by atoms with Crippen molar-refractivity contribution >= 4 is 27.4 Å². The molecule has 10 heteroatoms. The lowest BCUT2D eigenvalue weighted by molar-refractivity contribution is -0.137. The van der Waals surface area contributed by atoms with E-state index in [0.29, 0.717) is 18.1 Å². The van der Waals surface area contributed by atoms with E-state index in [1.54, 1.807) is 0 Å². The zero-order valence-corrected chi connectivity index (χ0v) is 16.8. The molecule has 0 spiro atoms. The van der Waals surface area contributed by atoms with E-state index in [1.807, 2.05) is 25.1 Å². The lowest BCUT2D eigenvalue weighted by Crippen LogP contribution is -2.31. The molecule has 0 radical (unpaired) electrons. The highest BCUT2D eigenvalue weighted by Gasteiger charge is 2.29. The van der Waals surface area contributed by atoms with Gasteiger partial charge in [0.05, 0.1) is 16.8 Å². The topological polar surface area (TPSA) is 92.5 Å². The molecule has 1 atom stereocenters. The van der Waals surface area contributed by atoms with Crippen molar-refractivity contribution in [3.63, 3.8) is 0 Å². The van der Waals surface area contributed by atoms with Gasteiger partial charge in [0.25, 0.3) is 0 Å². The summed E-state index contributed by atoms with van der Waals surface area (Å²) in [6.45, 7) is 2.36. The maximum Gasteiger partial charge on any atom is 0.416 e. The number of H-pyrrole nitrogens is 1. The Labute approximate surface area is 174 Å². The van der Waals surface area contributed by atoms with Gasteiger partial charge in [-0.3, -0.25) is 5.10 Å². The van der Waals surface area contributed by atoms with E-state index in [0.717, 1.165) is 44.9 Å². The lowest BCUT2D eigenvalue weighted by atomic mass is 10.0. The fourth-order valence-electron chi connectivity index (χ4n) is 3.11. The summed E-state index contributed by atoms with van der Waals surface area (Å²) in [7, 11) is 0. The third kappa shape index (κ3) is 4.44. The fourth-order valence-corrected chi connectivity index (χ4v) is 3.86. The summed E-state index contributed by atoms with van der Waals surface area (Å²) in [6, 6.07) is 10.7. The van der Waals surface area contributed by atoms with Gasteiger partial charge in [0.15, 0.2) is 0 Å². The van der Waals surface area contributed by atoms with Gasteiger partial charge in [-0.2, -0.15) is 18.3 Å². The predicted octanol–water partition coefficient (Wildman–Crippen LogP) is 4.39. The first kappa shape index (κ1) is 20.3. The fraction of sp³-hybridized carbons (Fsp3) is 0.250. The Morgan fingerprint density at radius 1 is 1.13 bits per heavy atom. The summed E-state index contributed by atoms with van der Waals surface area (Å²) in [5.74, 6) is 0. The van der Waals surface area contributed by atoms with Crippen molar-refractivity contribution in [2.24, 2.45) is 5.73 Å². The van der Waals surface area contributed by atoms with Gasteiger partial charge in [-0.25, -0.2) is 0 Å². The second kappa shape index (κ2) is 8.04. The van der Waals surface area contributed by atoms with E-state index < -0.39 is 11.7 Å². The van der Waals surface area contributed by atoms with Crippen LogP contribution < -0.4 is 11.1 Å². The number of aromatic amines is 1. The number of rotatable bonds is 6. The molecule has 2 aromatic carbocycles. The molecule has 6 nitrogen and oxygen atoms in total. The highest BCUT2D eigenvalue weighted by molar-refractivity contribution is 7.18. The first-order valence-electron chi connectivity index (χ1n) is 9.24. The van der Waals surface area contributed by atoms with E-state index in [1.165, 1.54) is 23.5 Å². The molecule has 1 unspecified atom stereocenters. The van der Waals surface area contributed by atoms with Gasteiger partial charge in [-0.1, -0.05) is 23.5 Å². The van der Waals surface area contributed by atoms with Crippen LogP contribution >= 0.6 is 11.3 Å². The zero-order valence-electron chi connectivity index (χ0n) is 16.0. The Hall–Kier alpha value is -2.98. The summed E-state index contributed by atoms with van der Waals surface area (Å²) >= 11 is 1.41. The molecule has 2 heterocycles. The van der Waals surface area contributed by atoms with Crippen LogP contribution in [0.1, 0.15) is 16.8 Å². The first-order chi connectivity index (χ1) is 14.3. The van der Waals surface area contributed by atoms with Crippen molar-refractivity contribution in [2.75, 3.05) is 11.9 Å². The van der Waals surface area contributed by atoms with Gasteiger partial charge in [0.2, 0.25) is 5.13 Å². The number of hydrogen-bond acceptors (Lipinski definition) is 6. The minimum absolute atomic E-state index is 0.279. The number of benzene rings is 2. The predicted molar refractivity (Wildman–Crippen MR) is 111 cm³/mol. The van der Waals surface area contributed by atoms with E-state index in [2.05, 4.69) is 25.7 Å². The van der Waals surface area contributed by atoms with E-state index >= 15 is 0 Å². The summed E-state index contributed by atoms with van der Waals surface area (Å²) in [4.78, 5) is 0. The van der Waals surface area contributed by atoms with Gasteiger partial charge >= 0.3 is 6.18 Å². The standard InChI is InChI=1S/C20H19F3N6S/c1-11-16-9-13(4-7-17(16)27-26-11)18-28-29-19(30-18)25-10-15(24)8-12-2-5-14(6-3-12)20(21,22)23/h2-7,9,15H,8,10,24H2,1H3,(H,25,29)(H,26,27). The van der Waals surface area contributed by atoms with Crippen molar-refractivity contribution in [2.45, 2.75) is 25.6 Å². The van der Waals surface area contributed by atoms with Crippen molar-refractivity contribution in [3.05, 3.63) is 59.3 Å². The normalized spacial score (nSPS) is 13.0. The monoisotopic (exact) mass is 432 g/mol. The summed E-state index contributed by atoms with van der Waals surface area (Å²) in [6.07, 6.45) is -3.88. The van der Waals surface area contributed by atoms with Crippen LogP contribution in [0.2, 0.25) is 0 Å². The van der Waals surface area contributed by atoms with Gasteiger partial charge in [-0.15, -0.1) is 10.2 Å². The summed E-state index contributed by atoms with van der Waals surface area (Å²) in [5, 5.41) is 21.2. The SMILES string of the molecule is Cc1n[nH]c2ccc(-c3nnc(NCC(N)Cc4ccc(C(F)(F)F)cc4)s3)cc12. The highest BCUT2D eigenvalue weighted by Crippen LogP contribution is 2.30. The van der Waals surface area contributed by atoms with Crippen molar-refractivity contribution < 1.29 is 13.2 Å². The molecule has 156 valence electrons. The van der Waals surface area contributed by atoms with E-state index in [-0.39, 0.29) is 6.04 Å². The highest BCUT2D eigenvalue weighted by atomic mass is 32.1. The second-order valence-corrected chi connectivity index (χ2v) is 8.00. The Morgan fingerprint density at radius 2 is 1.90 bits per heavy atom. The minimum Gasteiger partial charge on any atom is -0.359 e. The van der Waals surface area contributed by atoms with E-state index in [4.69, 9.17) is 5.73 Å². The maximum absolute atomic E-state index is 12.6. The van der Waals surface area contributed by atoms with Crippen LogP contribution in [0.5, 0.6) is 0 Å².